The summed E-state index contributed by atoms with van der Waals surface area (Å²) in [6, 6.07) is 12.3. The summed E-state index contributed by atoms with van der Waals surface area (Å²) < 4.78 is 1.75. The molecule has 0 saturated carbocycles. The standard InChI is InChI=1S/C20H24N4O/c1-13(10-11-16-8-6-5-7-9-16)21-20(25)18-12-17-15(3)23-24(4)19(17)22-14(18)2/h5-9,12-13H,10-11H2,1-4H3,(H,21,25)/t13-/m0/s1. The molecule has 2 heterocycles. The van der Waals surface area contributed by atoms with Gasteiger partial charge in [0.05, 0.1) is 17.0 Å². The van der Waals surface area contributed by atoms with E-state index in [9.17, 15) is 4.79 Å². The lowest BCUT2D eigenvalue weighted by Gasteiger charge is -2.15. The highest BCUT2D eigenvalue weighted by Gasteiger charge is 2.16. The monoisotopic (exact) mass is 336 g/mol. The third-order valence-electron chi connectivity index (χ3n) is 4.52. The maximum Gasteiger partial charge on any atom is 0.253 e. The van der Waals surface area contributed by atoms with Gasteiger partial charge < -0.3 is 5.32 Å². The molecule has 0 fully saturated rings. The smallest absolute Gasteiger partial charge is 0.253 e. The highest BCUT2D eigenvalue weighted by Crippen LogP contribution is 2.19. The van der Waals surface area contributed by atoms with E-state index in [4.69, 9.17) is 0 Å². The molecular formula is C20H24N4O. The predicted octanol–water partition coefficient (Wildman–Crippen LogP) is 3.34. The summed E-state index contributed by atoms with van der Waals surface area (Å²) in [5.41, 5.74) is 4.33. The lowest BCUT2D eigenvalue weighted by Crippen LogP contribution is -2.33. The molecule has 0 saturated heterocycles. The van der Waals surface area contributed by atoms with E-state index in [2.05, 4.69) is 27.5 Å². The van der Waals surface area contributed by atoms with Gasteiger partial charge in [-0.2, -0.15) is 5.10 Å². The van der Waals surface area contributed by atoms with Crippen LogP contribution in [-0.4, -0.2) is 26.7 Å². The number of benzene rings is 1. The molecule has 0 unspecified atom stereocenters. The molecule has 5 heteroatoms. The van der Waals surface area contributed by atoms with Crippen molar-refractivity contribution >= 4 is 16.9 Å². The summed E-state index contributed by atoms with van der Waals surface area (Å²) >= 11 is 0. The first-order valence-corrected chi connectivity index (χ1v) is 8.61. The van der Waals surface area contributed by atoms with Gasteiger partial charge in [-0.25, -0.2) is 4.98 Å². The van der Waals surface area contributed by atoms with Crippen LogP contribution in [0.4, 0.5) is 0 Å². The lowest BCUT2D eigenvalue weighted by molar-refractivity contribution is 0.0937. The number of nitrogens with one attached hydrogen (secondary N) is 1. The van der Waals surface area contributed by atoms with Gasteiger partial charge in [0.1, 0.15) is 0 Å². The first kappa shape index (κ1) is 17.1. The fourth-order valence-corrected chi connectivity index (χ4v) is 3.06. The van der Waals surface area contributed by atoms with Crippen molar-refractivity contribution in [2.45, 2.75) is 39.7 Å². The van der Waals surface area contributed by atoms with Crippen LogP contribution in [0.15, 0.2) is 36.4 Å². The molecular weight excluding hydrogens is 312 g/mol. The van der Waals surface area contributed by atoms with Crippen molar-refractivity contribution < 1.29 is 4.79 Å². The van der Waals surface area contributed by atoms with Crippen LogP contribution in [0.25, 0.3) is 11.0 Å². The summed E-state index contributed by atoms with van der Waals surface area (Å²) in [7, 11) is 1.87. The van der Waals surface area contributed by atoms with Crippen LogP contribution < -0.4 is 5.32 Å². The quantitative estimate of drug-likeness (QED) is 0.777. The number of amides is 1. The Hall–Kier alpha value is -2.69. The zero-order chi connectivity index (χ0) is 18.0. The van der Waals surface area contributed by atoms with Gasteiger partial charge in [-0.15, -0.1) is 0 Å². The zero-order valence-corrected chi connectivity index (χ0v) is 15.2. The van der Waals surface area contributed by atoms with E-state index in [1.807, 2.05) is 52.1 Å². The minimum Gasteiger partial charge on any atom is -0.350 e. The molecule has 25 heavy (non-hydrogen) atoms. The number of fused-ring (bicyclic) bond motifs is 1. The first-order chi connectivity index (χ1) is 12.0. The van der Waals surface area contributed by atoms with Crippen LogP contribution >= 0.6 is 0 Å². The van der Waals surface area contributed by atoms with Crippen LogP contribution in [0, 0.1) is 13.8 Å². The van der Waals surface area contributed by atoms with Gasteiger partial charge in [0, 0.05) is 18.5 Å². The third kappa shape index (κ3) is 3.71. The Labute approximate surface area is 148 Å². The van der Waals surface area contributed by atoms with E-state index in [-0.39, 0.29) is 11.9 Å². The molecule has 0 aliphatic rings. The van der Waals surface area contributed by atoms with E-state index in [0.717, 1.165) is 35.3 Å². The second kappa shape index (κ2) is 7.05. The molecule has 0 radical (unpaired) electrons. The van der Waals surface area contributed by atoms with E-state index in [1.54, 1.807) is 4.68 Å². The third-order valence-corrected chi connectivity index (χ3v) is 4.52. The number of hydrogen-bond acceptors (Lipinski definition) is 3. The van der Waals surface area contributed by atoms with Crippen LogP contribution in [0.3, 0.4) is 0 Å². The second-order valence-electron chi connectivity index (χ2n) is 6.60. The molecule has 1 amide bonds. The normalized spacial score (nSPS) is 12.3. The Morgan fingerprint density at radius 1 is 1.20 bits per heavy atom. The fraction of sp³-hybridized carbons (Fsp3) is 0.350. The van der Waals surface area contributed by atoms with Crippen molar-refractivity contribution in [1.29, 1.82) is 0 Å². The van der Waals surface area contributed by atoms with Crippen molar-refractivity contribution in [3.63, 3.8) is 0 Å². The fourth-order valence-electron chi connectivity index (χ4n) is 3.06. The van der Waals surface area contributed by atoms with Gasteiger partial charge in [0.2, 0.25) is 0 Å². The second-order valence-corrected chi connectivity index (χ2v) is 6.60. The SMILES string of the molecule is Cc1nc2c(cc1C(=O)N[C@@H](C)CCc1ccccc1)c(C)nn2C. The highest BCUT2D eigenvalue weighted by molar-refractivity contribution is 5.98. The van der Waals surface area contributed by atoms with E-state index < -0.39 is 0 Å². The summed E-state index contributed by atoms with van der Waals surface area (Å²) in [5, 5.41) is 8.40. The summed E-state index contributed by atoms with van der Waals surface area (Å²) in [6.45, 7) is 5.84. The molecule has 0 bridgehead atoms. The number of carbonyl (C=O) groups excluding carboxylic acids is 1. The van der Waals surface area contributed by atoms with Crippen molar-refractivity contribution in [3.05, 3.63) is 58.9 Å². The van der Waals surface area contributed by atoms with Crippen molar-refractivity contribution in [1.82, 2.24) is 20.1 Å². The Kier molecular flexibility index (Phi) is 4.83. The molecule has 1 aromatic carbocycles. The van der Waals surface area contributed by atoms with Crippen LogP contribution in [0.1, 0.15) is 40.7 Å². The number of carbonyl (C=O) groups is 1. The lowest BCUT2D eigenvalue weighted by atomic mass is 10.1. The van der Waals surface area contributed by atoms with E-state index in [0.29, 0.717) is 5.56 Å². The Morgan fingerprint density at radius 3 is 2.64 bits per heavy atom. The molecule has 0 spiro atoms. The Balaban J connectivity index is 1.71. The molecule has 2 aromatic heterocycles. The van der Waals surface area contributed by atoms with Crippen molar-refractivity contribution in [2.24, 2.45) is 7.05 Å². The zero-order valence-electron chi connectivity index (χ0n) is 15.2. The van der Waals surface area contributed by atoms with E-state index in [1.165, 1.54) is 5.56 Å². The number of nitrogens with zero attached hydrogens (tertiary/aromatic N) is 3. The van der Waals surface area contributed by atoms with Gasteiger partial charge in [-0.1, -0.05) is 30.3 Å². The van der Waals surface area contributed by atoms with Crippen molar-refractivity contribution in [3.8, 4) is 0 Å². The Bertz CT molecular complexity index is 899. The van der Waals surface area contributed by atoms with E-state index >= 15 is 0 Å². The van der Waals surface area contributed by atoms with Gasteiger partial charge in [0.25, 0.3) is 5.91 Å². The molecule has 1 atom stereocenters. The largest absolute Gasteiger partial charge is 0.350 e. The predicted molar refractivity (Wildman–Crippen MR) is 99.7 cm³/mol. The van der Waals surface area contributed by atoms with Gasteiger partial charge in [0.15, 0.2) is 5.65 Å². The molecule has 3 aromatic rings. The highest BCUT2D eigenvalue weighted by atomic mass is 16.1. The average Bonchev–Trinajstić information content (AvgIpc) is 2.86. The number of aryl methyl sites for hydroxylation is 4. The van der Waals surface area contributed by atoms with Crippen molar-refractivity contribution in [2.75, 3.05) is 0 Å². The number of pyridine rings is 1. The topological polar surface area (TPSA) is 59.8 Å². The van der Waals surface area contributed by atoms with Crippen LogP contribution in [-0.2, 0) is 13.5 Å². The molecule has 0 aliphatic heterocycles. The molecule has 0 aliphatic carbocycles. The average molecular weight is 336 g/mol. The van der Waals surface area contributed by atoms with Crippen LogP contribution in [0.5, 0.6) is 0 Å². The summed E-state index contributed by atoms with van der Waals surface area (Å²) in [6.07, 6.45) is 1.84. The minimum absolute atomic E-state index is 0.0734. The molecule has 1 N–H and O–H groups in total. The number of rotatable bonds is 5. The number of aromatic nitrogens is 3. The molecule has 5 nitrogen and oxygen atoms in total. The summed E-state index contributed by atoms with van der Waals surface area (Å²) in [4.78, 5) is 17.2. The summed E-state index contributed by atoms with van der Waals surface area (Å²) in [5.74, 6) is -0.0734. The number of hydrogen-bond donors (Lipinski definition) is 1. The molecule has 130 valence electrons. The molecule has 3 rings (SSSR count). The maximum absolute atomic E-state index is 12.7. The first-order valence-electron chi connectivity index (χ1n) is 8.61. The van der Waals surface area contributed by atoms with Gasteiger partial charge in [-0.05, 0) is 45.2 Å². The minimum atomic E-state index is -0.0734. The maximum atomic E-state index is 12.7. The van der Waals surface area contributed by atoms with Gasteiger partial charge in [-0.3, -0.25) is 9.48 Å². The van der Waals surface area contributed by atoms with Gasteiger partial charge >= 0.3 is 0 Å². The van der Waals surface area contributed by atoms with Crippen LogP contribution in [0.2, 0.25) is 0 Å². The Morgan fingerprint density at radius 2 is 1.92 bits per heavy atom.